The van der Waals surface area contributed by atoms with Crippen LogP contribution in [0.25, 0.3) is 0 Å². The van der Waals surface area contributed by atoms with Crippen molar-refractivity contribution in [3.05, 3.63) is 29.6 Å². The highest BCUT2D eigenvalue weighted by Gasteiger charge is 2.11. The maximum atomic E-state index is 12.6. The van der Waals surface area contributed by atoms with Crippen LogP contribution in [-0.4, -0.2) is 22.9 Å². The molecule has 1 atom stereocenters. The number of amides is 1. The summed E-state index contributed by atoms with van der Waals surface area (Å²) in [6.07, 6.45) is 0. The number of aromatic hydroxyl groups is 1. The van der Waals surface area contributed by atoms with E-state index in [0.29, 0.717) is 0 Å². The van der Waals surface area contributed by atoms with Crippen LogP contribution < -0.4 is 5.32 Å². The predicted molar refractivity (Wildman–Crippen MR) is 55.7 cm³/mol. The first-order valence-electron chi connectivity index (χ1n) is 4.41. The number of carbonyl (C=O) groups excluding carboxylic acids is 1. The Morgan fingerprint density at radius 1 is 1.67 bits per heavy atom. The molecule has 15 heavy (non-hydrogen) atoms. The highest BCUT2D eigenvalue weighted by atomic mass is 35.5. The zero-order valence-corrected chi connectivity index (χ0v) is 8.88. The van der Waals surface area contributed by atoms with E-state index < -0.39 is 11.7 Å². The molecule has 1 amide bonds. The molecular formula is C10H11ClFNO2. The molecule has 0 aliphatic heterocycles. The van der Waals surface area contributed by atoms with Crippen LogP contribution >= 0.6 is 11.6 Å². The Morgan fingerprint density at radius 3 is 2.87 bits per heavy atom. The molecule has 0 spiro atoms. The van der Waals surface area contributed by atoms with Gasteiger partial charge in [0.05, 0.1) is 5.56 Å². The summed E-state index contributed by atoms with van der Waals surface area (Å²) in [5, 5.41) is 11.6. The Hall–Kier alpha value is -1.29. The van der Waals surface area contributed by atoms with Crippen molar-refractivity contribution in [2.24, 2.45) is 0 Å². The predicted octanol–water partition coefficient (Wildman–Crippen LogP) is 1.89. The third kappa shape index (κ3) is 3.40. The maximum absolute atomic E-state index is 12.6. The van der Waals surface area contributed by atoms with Gasteiger partial charge in [-0.1, -0.05) is 0 Å². The van der Waals surface area contributed by atoms with Crippen molar-refractivity contribution >= 4 is 17.5 Å². The van der Waals surface area contributed by atoms with Crippen LogP contribution in [0.15, 0.2) is 18.2 Å². The monoisotopic (exact) mass is 231 g/mol. The molecule has 0 aromatic heterocycles. The molecule has 5 heteroatoms. The molecule has 0 saturated carbocycles. The van der Waals surface area contributed by atoms with Crippen molar-refractivity contribution in [3.8, 4) is 5.75 Å². The Bertz CT molecular complexity index is 368. The van der Waals surface area contributed by atoms with Crippen molar-refractivity contribution in [1.29, 1.82) is 0 Å². The number of hydrogen-bond acceptors (Lipinski definition) is 2. The number of halogens is 2. The van der Waals surface area contributed by atoms with E-state index in [9.17, 15) is 14.3 Å². The smallest absolute Gasteiger partial charge is 0.255 e. The number of nitrogens with one attached hydrogen (secondary N) is 1. The molecule has 0 aliphatic carbocycles. The average molecular weight is 232 g/mol. The van der Waals surface area contributed by atoms with Crippen LogP contribution in [0.3, 0.4) is 0 Å². The van der Waals surface area contributed by atoms with Gasteiger partial charge in [-0.05, 0) is 19.1 Å². The minimum Gasteiger partial charge on any atom is -0.507 e. The van der Waals surface area contributed by atoms with Gasteiger partial charge < -0.3 is 10.4 Å². The Morgan fingerprint density at radius 2 is 2.33 bits per heavy atom. The van der Waals surface area contributed by atoms with Gasteiger partial charge in [0, 0.05) is 18.0 Å². The molecular weight excluding hydrogens is 221 g/mol. The topological polar surface area (TPSA) is 49.3 Å². The second-order valence-corrected chi connectivity index (χ2v) is 3.90. The van der Waals surface area contributed by atoms with Crippen LogP contribution in [0.1, 0.15) is 17.3 Å². The number of rotatable bonds is 3. The largest absolute Gasteiger partial charge is 0.507 e. The lowest BCUT2D eigenvalue weighted by Gasteiger charge is -2.07. The summed E-state index contributed by atoms with van der Waals surface area (Å²) in [4.78, 5) is 11.4. The first kappa shape index (κ1) is 11.8. The van der Waals surface area contributed by atoms with E-state index in [4.69, 9.17) is 11.6 Å². The van der Waals surface area contributed by atoms with Crippen LogP contribution in [0.2, 0.25) is 0 Å². The van der Waals surface area contributed by atoms with Gasteiger partial charge in [-0.3, -0.25) is 4.79 Å². The number of hydrogen-bond donors (Lipinski definition) is 2. The Balaban J connectivity index is 2.74. The summed E-state index contributed by atoms with van der Waals surface area (Å²) in [5.74, 6) is -1.44. The third-order valence-corrected chi connectivity index (χ3v) is 1.90. The van der Waals surface area contributed by atoms with E-state index in [1.54, 1.807) is 6.92 Å². The number of phenolic OH excluding ortho intramolecular Hbond substituents is 1. The fourth-order valence-electron chi connectivity index (χ4n) is 1.03. The summed E-state index contributed by atoms with van der Waals surface area (Å²) in [5.41, 5.74) is 0.0358. The van der Waals surface area contributed by atoms with Gasteiger partial charge in [-0.15, -0.1) is 11.6 Å². The van der Waals surface area contributed by atoms with Crippen LogP contribution in [0.5, 0.6) is 5.75 Å². The Kier molecular flexibility index (Phi) is 3.91. The molecule has 0 bridgehead atoms. The van der Waals surface area contributed by atoms with E-state index >= 15 is 0 Å². The molecule has 0 saturated heterocycles. The van der Waals surface area contributed by atoms with Gasteiger partial charge in [0.25, 0.3) is 5.91 Å². The normalized spacial score (nSPS) is 12.2. The molecule has 1 unspecified atom stereocenters. The zero-order chi connectivity index (χ0) is 11.4. The summed E-state index contributed by atoms with van der Waals surface area (Å²) in [7, 11) is 0. The van der Waals surface area contributed by atoms with E-state index in [1.165, 1.54) is 6.07 Å². The zero-order valence-electron chi connectivity index (χ0n) is 8.13. The van der Waals surface area contributed by atoms with Gasteiger partial charge in [0.15, 0.2) is 0 Å². The lowest BCUT2D eigenvalue weighted by molar-refractivity contribution is 0.0951. The van der Waals surface area contributed by atoms with Crippen molar-refractivity contribution < 1.29 is 14.3 Å². The number of benzene rings is 1. The van der Waals surface area contributed by atoms with Crippen molar-refractivity contribution in [3.63, 3.8) is 0 Å². The van der Waals surface area contributed by atoms with Gasteiger partial charge in [0.1, 0.15) is 11.6 Å². The van der Waals surface area contributed by atoms with E-state index in [2.05, 4.69) is 5.32 Å². The molecule has 0 fully saturated rings. The van der Waals surface area contributed by atoms with Crippen LogP contribution in [-0.2, 0) is 0 Å². The fraction of sp³-hybridized carbons (Fsp3) is 0.300. The Labute approximate surface area is 91.9 Å². The third-order valence-electron chi connectivity index (χ3n) is 1.75. The lowest BCUT2D eigenvalue weighted by Crippen LogP contribution is -2.28. The maximum Gasteiger partial charge on any atom is 0.255 e. The summed E-state index contributed by atoms with van der Waals surface area (Å²) in [6.45, 7) is 2.02. The first-order chi connectivity index (χ1) is 7.00. The van der Waals surface area contributed by atoms with E-state index in [1.807, 2.05) is 0 Å². The lowest BCUT2D eigenvalue weighted by atomic mass is 10.2. The van der Waals surface area contributed by atoms with Gasteiger partial charge in [0.2, 0.25) is 0 Å². The summed E-state index contributed by atoms with van der Waals surface area (Å²) >= 11 is 5.64. The van der Waals surface area contributed by atoms with E-state index in [0.717, 1.165) is 12.1 Å². The standard InChI is InChI=1S/C10H11ClFNO2/c1-6(11)5-13-10(15)8-3-2-7(12)4-9(8)14/h2-4,6,14H,5H2,1H3,(H,13,15). The van der Waals surface area contributed by atoms with Crippen LogP contribution in [0.4, 0.5) is 4.39 Å². The minimum atomic E-state index is -0.588. The molecule has 0 aliphatic rings. The van der Waals surface area contributed by atoms with Crippen molar-refractivity contribution in [2.75, 3.05) is 6.54 Å². The molecule has 82 valence electrons. The molecule has 2 N–H and O–H groups in total. The molecule has 1 aromatic carbocycles. The fourth-order valence-corrected chi connectivity index (χ4v) is 1.10. The average Bonchev–Trinajstić information content (AvgIpc) is 2.14. The second-order valence-electron chi connectivity index (χ2n) is 3.15. The highest BCUT2D eigenvalue weighted by Crippen LogP contribution is 2.17. The summed E-state index contributed by atoms with van der Waals surface area (Å²) < 4.78 is 12.6. The number of carbonyl (C=O) groups is 1. The quantitative estimate of drug-likeness (QED) is 0.781. The van der Waals surface area contributed by atoms with Gasteiger partial charge >= 0.3 is 0 Å². The van der Waals surface area contributed by atoms with Gasteiger partial charge in [-0.25, -0.2) is 4.39 Å². The molecule has 1 aromatic rings. The first-order valence-corrected chi connectivity index (χ1v) is 4.85. The molecule has 0 radical (unpaired) electrons. The minimum absolute atomic E-state index is 0.0358. The summed E-state index contributed by atoms with van der Waals surface area (Å²) in [6, 6.07) is 3.22. The van der Waals surface area contributed by atoms with Crippen molar-refractivity contribution in [2.45, 2.75) is 12.3 Å². The van der Waals surface area contributed by atoms with E-state index in [-0.39, 0.29) is 23.2 Å². The molecule has 1 rings (SSSR count). The highest BCUT2D eigenvalue weighted by molar-refractivity contribution is 6.20. The molecule has 3 nitrogen and oxygen atoms in total. The number of alkyl halides is 1. The SMILES string of the molecule is CC(Cl)CNC(=O)c1ccc(F)cc1O. The number of phenols is 1. The van der Waals surface area contributed by atoms with Gasteiger partial charge in [-0.2, -0.15) is 0 Å². The van der Waals surface area contributed by atoms with Crippen LogP contribution in [0, 0.1) is 5.82 Å². The molecule has 0 heterocycles. The van der Waals surface area contributed by atoms with Crippen molar-refractivity contribution in [1.82, 2.24) is 5.32 Å². The second kappa shape index (κ2) is 4.98.